The number of nitrogens with zero attached hydrogens (tertiary/aromatic N) is 1. The molecule has 2 fully saturated rings. The van der Waals surface area contributed by atoms with Crippen LogP contribution in [0.5, 0.6) is 5.75 Å². The summed E-state index contributed by atoms with van der Waals surface area (Å²) in [5.74, 6) is 0.110. The van der Waals surface area contributed by atoms with Crippen LogP contribution in [0.1, 0.15) is 76.1 Å². The SMILES string of the molecule is C[C@@H]1CCCC[C@@H]1NC(=O)COC(=O)c1ccc(OCC(=O)N2[C@H](C)CCC[C@@H]2C)cc1. The molecule has 0 unspecified atom stereocenters. The van der Waals surface area contributed by atoms with E-state index in [9.17, 15) is 14.4 Å². The van der Waals surface area contributed by atoms with Gasteiger partial charge in [-0.15, -0.1) is 0 Å². The first-order chi connectivity index (χ1) is 15.3. The van der Waals surface area contributed by atoms with Gasteiger partial charge in [-0.25, -0.2) is 4.79 Å². The first-order valence-corrected chi connectivity index (χ1v) is 11.9. The molecule has 0 bridgehead atoms. The third-order valence-electron chi connectivity index (χ3n) is 6.73. The molecule has 7 heteroatoms. The molecule has 0 radical (unpaired) electrons. The average molecular weight is 445 g/mol. The summed E-state index contributed by atoms with van der Waals surface area (Å²) in [7, 11) is 0. The van der Waals surface area contributed by atoms with Crippen molar-refractivity contribution in [3.8, 4) is 5.75 Å². The summed E-state index contributed by atoms with van der Waals surface area (Å²) in [6, 6.07) is 7.04. The molecule has 1 aromatic rings. The lowest BCUT2D eigenvalue weighted by molar-refractivity contribution is -0.139. The lowest BCUT2D eigenvalue weighted by Crippen LogP contribution is -2.49. The van der Waals surface area contributed by atoms with E-state index in [1.807, 2.05) is 4.90 Å². The number of hydrogen-bond donors (Lipinski definition) is 1. The number of esters is 1. The Balaban J connectivity index is 1.42. The Hall–Kier alpha value is -2.57. The van der Waals surface area contributed by atoms with Crippen LogP contribution in [0.3, 0.4) is 0 Å². The molecule has 1 aromatic carbocycles. The van der Waals surface area contributed by atoms with Gasteiger partial charge in [-0.1, -0.05) is 19.8 Å². The van der Waals surface area contributed by atoms with E-state index >= 15 is 0 Å². The van der Waals surface area contributed by atoms with Gasteiger partial charge in [-0.3, -0.25) is 9.59 Å². The van der Waals surface area contributed by atoms with Crippen molar-refractivity contribution < 1.29 is 23.9 Å². The van der Waals surface area contributed by atoms with E-state index in [1.165, 1.54) is 6.42 Å². The van der Waals surface area contributed by atoms with Crippen LogP contribution in [0.25, 0.3) is 0 Å². The zero-order valence-electron chi connectivity index (χ0n) is 19.5. The van der Waals surface area contributed by atoms with Gasteiger partial charge >= 0.3 is 5.97 Å². The standard InChI is InChI=1S/C25H36N2O5/c1-17-7-4-5-10-22(17)26-23(28)15-32-25(30)20-11-13-21(14-12-20)31-16-24(29)27-18(2)8-6-9-19(27)3/h11-14,17-19,22H,4-10,15-16H2,1-3H3,(H,26,28)/t17-,18-,19+,22+/m1/s1. The monoisotopic (exact) mass is 444 g/mol. The Morgan fingerprint density at radius 3 is 2.22 bits per heavy atom. The van der Waals surface area contributed by atoms with Gasteiger partial charge in [0.25, 0.3) is 11.8 Å². The number of rotatable bonds is 7. The lowest BCUT2D eigenvalue weighted by atomic mass is 9.86. The second kappa shape index (κ2) is 11.3. The van der Waals surface area contributed by atoms with E-state index in [4.69, 9.17) is 9.47 Å². The van der Waals surface area contributed by atoms with Crippen molar-refractivity contribution in [3.63, 3.8) is 0 Å². The Kier molecular flexibility index (Phi) is 8.53. The van der Waals surface area contributed by atoms with Crippen molar-refractivity contribution in [2.75, 3.05) is 13.2 Å². The third-order valence-corrected chi connectivity index (χ3v) is 6.73. The lowest BCUT2D eigenvalue weighted by Gasteiger charge is -2.38. The van der Waals surface area contributed by atoms with Crippen molar-refractivity contribution in [2.45, 2.75) is 83.8 Å². The minimum Gasteiger partial charge on any atom is -0.484 e. The van der Waals surface area contributed by atoms with Gasteiger partial charge in [0.15, 0.2) is 13.2 Å². The molecule has 32 heavy (non-hydrogen) atoms. The molecule has 1 saturated heterocycles. The molecule has 1 saturated carbocycles. The molecule has 1 N–H and O–H groups in total. The minimum absolute atomic E-state index is 0.0218. The van der Waals surface area contributed by atoms with Crippen LogP contribution in [-0.2, 0) is 14.3 Å². The fourth-order valence-electron chi connectivity index (χ4n) is 4.81. The summed E-state index contributed by atoms with van der Waals surface area (Å²) in [6.45, 7) is 5.97. The van der Waals surface area contributed by atoms with E-state index in [-0.39, 0.29) is 43.2 Å². The highest BCUT2D eigenvalue weighted by molar-refractivity contribution is 5.91. The Labute approximate surface area is 190 Å². The van der Waals surface area contributed by atoms with Crippen LogP contribution in [0.2, 0.25) is 0 Å². The zero-order chi connectivity index (χ0) is 23.1. The van der Waals surface area contributed by atoms with Crippen LogP contribution in [0, 0.1) is 5.92 Å². The molecule has 2 amide bonds. The highest BCUT2D eigenvalue weighted by atomic mass is 16.5. The quantitative estimate of drug-likeness (QED) is 0.648. The van der Waals surface area contributed by atoms with Crippen LogP contribution < -0.4 is 10.1 Å². The van der Waals surface area contributed by atoms with E-state index in [2.05, 4.69) is 26.1 Å². The van der Waals surface area contributed by atoms with Gasteiger partial charge in [0.05, 0.1) is 5.56 Å². The van der Waals surface area contributed by atoms with Gasteiger partial charge in [-0.2, -0.15) is 0 Å². The predicted molar refractivity (Wildman–Crippen MR) is 121 cm³/mol. The number of benzene rings is 1. The molecule has 3 rings (SSSR count). The van der Waals surface area contributed by atoms with Crippen LogP contribution >= 0.6 is 0 Å². The van der Waals surface area contributed by atoms with Gasteiger partial charge < -0.3 is 19.7 Å². The number of carbonyl (C=O) groups is 3. The van der Waals surface area contributed by atoms with Crippen molar-refractivity contribution in [2.24, 2.45) is 5.92 Å². The first kappa shape index (κ1) is 24.1. The predicted octanol–water partition coefficient (Wildman–Crippen LogP) is 3.71. The molecule has 176 valence electrons. The van der Waals surface area contributed by atoms with Crippen molar-refractivity contribution >= 4 is 17.8 Å². The van der Waals surface area contributed by atoms with Crippen molar-refractivity contribution in [1.29, 1.82) is 0 Å². The fraction of sp³-hybridized carbons (Fsp3) is 0.640. The van der Waals surface area contributed by atoms with Crippen LogP contribution in [0.4, 0.5) is 0 Å². The maximum atomic E-state index is 12.6. The molecule has 4 atom stereocenters. The van der Waals surface area contributed by atoms with Crippen molar-refractivity contribution in [1.82, 2.24) is 10.2 Å². The maximum absolute atomic E-state index is 12.6. The Morgan fingerprint density at radius 1 is 0.906 bits per heavy atom. The number of likely N-dealkylation sites (tertiary alicyclic amines) is 1. The molecular weight excluding hydrogens is 408 g/mol. The second-order valence-corrected chi connectivity index (χ2v) is 9.25. The topological polar surface area (TPSA) is 84.9 Å². The van der Waals surface area contributed by atoms with Crippen LogP contribution in [-0.4, -0.2) is 54.0 Å². The molecular formula is C25H36N2O5. The Morgan fingerprint density at radius 2 is 1.56 bits per heavy atom. The van der Waals surface area contributed by atoms with Crippen LogP contribution in [0.15, 0.2) is 24.3 Å². The number of amides is 2. The molecule has 0 aromatic heterocycles. The normalized spacial score (nSPS) is 25.7. The molecule has 1 aliphatic carbocycles. The highest BCUT2D eigenvalue weighted by Gasteiger charge is 2.29. The van der Waals surface area contributed by atoms with Gasteiger partial charge in [-0.05, 0) is 76.1 Å². The number of piperidine rings is 1. The number of nitrogens with one attached hydrogen (secondary N) is 1. The molecule has 2 aliphatic rings. The maximum Gasteiger partial charge on any atom is 0.338 e. The third kappa shape index (κ3) is 6.47. The second-order valence-electron chi connectivity index (χ2n) is 9.25. The summed E-state index contributed by atoms with van der Waals surface area (Å²) in [4.78, 5) is 38.9. The first-order valence-electron chi connectivity index (χ1n) is 11.9. The smallest absolute Gasteiger partial charge is 0.338 e. The molecule has 7 nitrogen and oxygen atoms in total. The van der Waals surface area contributed by atoms with Gasteiger partial charge in [0.2, 0.25) is 0 Å². The zero-order valence-corrected chi connectivity index (χ0v) is 19.5. The van der Waals surface area contributed by atoms with E-state index in [1.54, 1.807) is 24.3 Å². The number of ether oxygens (including phenoxy) is 2. The van der Waals surface area contributed by atoms with Crippen molar-refractivity contribution in [3.05, 3.63) is 29.8 Å². The number of carbonyl (C=O) groups excluding carboxylic acids is 3. The summed E-state index contributed by atoms with van der Waals surface area (Å²) in [6.07, 6.45) is 7.58. The largest absolute Gasteiger partial charge is 0.484 e. The fourth-order valence-corrected chi connectivity index (χ4v) is 4.81. The van der Waals surface area contributed by atoms with E-state index in [0.717, 1.165) is 38.5 Å². The molecule has 1 heterocycles. The molecule has 1 aliphatic heterocycles. The molecule has 0 spiro atoms. The Bertz CT molecular complexity index is 784. The van der Waals surface area contributed by atoms with E-state index in [0.29, 0.717) is 17.2 Å². The number of hydrogen-bond acceptors (Lipinski definition) is 5. The summed E-state index contributed by atoms with van der Waals surface area (Å²) in [5, 5.41) is 2.97. The van der Waals surface area contributed by atoms with Gasteiger partial charge in [0.1, 0.15) is 5.75 Å². The van der Waals surface area contributed by atoms with E-state index < -0.39 is 5.97 Å². The summed E-state index contributed by atoms with van der Waals surface area (Å²) in [5.41, 5.74) is 0.334. The highest BCUT2D eigenvalue weighted by Crippen LogP contribution is 2.24. The van der Waals surface area contributed by atoms with Gasteiger partial charge in [0, 0.05) is 18.1 Å². The summed E-state index contributed by atoms with van der Waals surface area (Å²) >= 11 is 0. The summed E-state index contributed by atoms with van der Waals surface area (Å²) < 4.78 is 10.8. The minimum atomic E-state index is -0.560. The average Bonchev–Trinajstić information content (AvgIpc) is 2.78.